The molecule has 0 saturated heterocycles. The summed E-state index contributed by atoms with van der Waals surface area (Å²) in [6.07, 6.45) is 3.32. The molecule has 0 radical (unpaired) electrons. The smallest absolute Gasteiger partial charge is 0.333 e. The van der Waals surface area contributed by atoms with Crippen LogP contribution in [0.5, 0.6) is 0 Å². The molecule has 1 heterocycles. The number of allylic oxidation sites excluding steroid dienone is 1. The van der Waals surface area contributed by atoms with Crippen LogP contribution in [0, 0.1) is 0 Å². The van der Waals surface area contributed by atoms with Crippen LogP contribution in [0.1, 0.15) is 29.7 Å². The van der Waals surface area contributed by atoms with Crippen molar-refractivity contribution >= 4 is 5.97 Å². The van der Waals surface area contributed by atoms with Crippen LogP contribution in [-0.4, -0.2) is 15.5 Å². The molecule has 1 aromatic heterocycles. The third-order valence-electron chi connectivity index (χ3n) is 3.62. The van der Waals surface area contributed by atoms with Gasteiger partial charge in [0.05, 0.1) is 5.69 Å². The van der Waals surface area contributed by atoms with Crippen LogP contribution in [0.15, 0.2) is 55.1 Å². The molecule has 23 heavy (non-hydrogen) atoms. The lowest BCUT2D eigenvalue weighted by molar-refractivity contribution is -0.140. The zero-order chi connectivity index (χ0) is 16.8. The fourth-order valence-corrected chi connectivity index (χ4v) is 2.35. The summed E-state index contributed by atoms with van der Waals surface area (Å²) < 4.78 is 7.20. The van der Waals surface area contributed by atoms with E-state index in [-0.39, 0.29) is 6.61 Å². The van der Waals surface area contributed by atoms with Crippen LogP contribution < -0.4 is 0 Å². The first-order valence-corrected chi connectivity index (χ1v) is 7.53. The van der Waals surface area contributed by atoms with Gasteiger partial charge in [-0.05, 0) is 12.5 Å². The van der Waals surface area contributed by atoms with Crippen LogP contribution in [0.25, 0.3) is 0 Å². The van der Waals surface area contributed by atoms with Crippen LogP contribution in [0.3, 0.4) is 0 Å². The van der Waals surface area contributed by atoms with E-state index in [4.69, 9.17) is 4.74 Å². The molecule has 0 unspecified atom stereocenters. The minimum atomic E-state index is -0.400. The summed E-state index contributed by atoms with van der Waals surface area (Å²) in [5.74, 6) is 0.324. The summed E-state index contributed by atoms with van der Waals surface area (Å²) in [7, 11) is 1.93. The monoisotopic (exact) mass is 310 g/mol. The third kappa shape index (κ3) is 4.19. The van der Waals surface area contributed by atoms with E-state index in [0.29, 0.717) is 5.57 Å². The van der Waals surface area contributed by atoms with Gasteiger partial charge in [0, 0.05) is 31.2 Å². The lowest BCUT2D eigenvalue weighted by Gasteiger charge is -2.06. The maximum atomic E-state index is 11.6. The average Bonchev–Trinajstić information content (AvgIpc) is 2.82. The van der Waals surface area contributed by atoms with E-state index in [2.05, 4.69) is 30.3 Å². The van der Waals surface area contributed by atoms with Gasteiger partial charge in [0.1, 0.15) is 12.4 Å². The molecule has 0 N–H and O–H groups in total. The predicted octanol–water partition coefficient (Wildman–Crippen LogP) is 3.36. The van der Waals surface area contributed by atoms with Gasteiger partial charge in [-0.3, -0.25) is 0 Å². The number of carbonyl (C=O) groups is 1. The van der Waals surface area contributed by atoms with E-state index >= 15 is 0 Å². The standard InChI is InChI=1S/C19H22N2O2/c1-5-9-17-16(12-15-10-7-6-8-11-15)20-18(21(17)4)13-23-19(22)14(2)3/h5-8,10-11H,1-2,9,12-13H2,3-4H3. The number of nitrogens with zero attached hydrogens (tertiary/aromatic N) is 2. The second-order valence-corrected chi connectivity index (χ2v) is 5.49. The van der Waals surface area contributed by atoms with Crippen LogP contribution in [-0.2, 0) is 36.0 Å². The Balaban J connectivity index is 2.23. The number of ether oxygens (including phenoxy) is 1. The number of rotatable bonds is 7. The highest BCUT2D eigenvalue weighted by Gasteiger charge is 2.15. The van der Waals surface area contributed by atoms with Crippen molar-refractivity contribution in [3.05, 3.63) is 77.9 Å². The average molecular weight is 310 g/mol. The number of aromatic nitrogens is 2. The zero-order valence-electron chi connectivity index (χ0n) is 13.7. The van der Waals surface area contributed by atoms with Gasteiger partial charge in [-0.25, -0.2) is 9.78 Å². The number of benzene rings is 1. The zero-order valence-corrected chi connectivity index (χ0v) is 13.7. The third-order valence-corrected chi connectivity index (χ3v) is 3.62. The molecule has 0 aliphatic carbocycles. The van der Waals surface area contributed by atoms with Crippen LogP contribution in [0.4, 0.5) is 0 Å². The fourth-order valence-electron chi connectivity index (χ4n) is 2.35. The lowest BCUT2D eigenvalue weighted by Crippen LogP contribution is -2.09. The summed E-state index contributed by atoms with van der Waals surface area (Å²) in [6, 6.07) is 10.2. The van der Waals surface area contributed by atoms with Crippen molar-refractivity contribution in [2.75, 3.05) is 0 Å². The highest BCUT2D eigenvalue weighted by atomic mass is 16.5. The first-order valence-electron chi connectivity index (χ1n) is 7.53. The van der Waals surface area contributed by atoms with Crippen LogP contribution in [0.2, 0.25) is 0 Å². The topological polar surface area (TPSA) is 44.1 Å². The van der Waals surface area contributed by atoms with E-state index in [1.54, 1.807) is 6.92 Å². The molecule has 4 heteroatoms. The molecular formula is C19H22N2O2. The molecule has 0 aliphatic heterocycles. The SMILES string of the molecule is C=CCc1c(Cc2ccccc2)nc(COC(=O)C(=C)C)n1C. The Bertz CT molecular complexity index is 714. The molecule has 0 fully saturated rings. The molecule has 0 saturated carbocycles. The number of hydrogen-bond acceptors (Lipinski definition) is 3. The minimum Gasteiger partial charge on any atom is -0.454 e. The lowest BCUT2D eigenvalue weighted by atomic mass is 10.1. The molecule has 0 aliphatic rings. The Kier molecular flexibility index (Phi) is 5.52. The maximum absolute atomic E-state index is 11.6. The normalized spacial score (nSPS) is 10.3. The quantitative estimate of drug-likeness (QED) is 0.447. The predicted molar refractivity (Wildman–Crippen MR) is 91.0 cm³/mol. The summed E-state index contributed by atoms with van der Waals surface area (Å²) in [6.45, 7) is 9.17. The number of hydrogen-bond donors (Lipinski definition) is 0. The second-order valence-electron chi connectivity index (χ2n) is 5.49. The molecule has 1 aromatic carbocycles. The number of imidazole rings is 1. The van der Waals surface area contributed by atoms with E-state index in [0.717, 1.165) is 30.1 Å². The first-order chi connectivity index (χ1) is 11.0. The highest BCUT2D eigenvalue weighted by Crippen LogP contribution is 2.17. The highest BCUT2D eigenvalue weighted by molar-refractivity contribution is 5.86. The molecule has 0 amide bonds. The van der Waals surface area contributed by atoms with Crippen molar-refractivity contribution in [1.82, 2.24) is 9.55 Å². The Morgan fingerprint density at radius 1 is 1.35 bits per heavy atom. The van der Waals surface area contributed by atoms with Gasteiger partial charge in [0.15, 0.2) is 0 Å². The van der Waals surface area contributed by atoms with Gasteiger partial charge in [-0.1, -0.05) is 43.0 Å². The molecule has 4 nitrogen and oxygen atoms in total. The van der Waals surface area contributed by atoms with Crippen molar-refractivity contribution in [3.8, 4) is 0 Å². The largest absolute Gasteiger partial charge is 0.454 e. The fraction of sp³-hybridized carbons (Fsp3) is 0.263. The summed E-state index contributed by atoms with van der Waals surface area (Å²) in [5, 5.41) is 0. The van der Waals surface area contributed by atoms with Crippen molar-refractivity contribution in [2.24, 2.45) is 7.05 Å². The van der Waals surface area contributed by atoms with E-state index in [9.17, 15) is 4.79 Å². The first kappa shape index (κ1) is 16.7. The summed E-state index contributed by atoms with van der Waals surface area (Å²) in [4.78, 5) is 16.2. The molecule has 0 atom stereocenters. The van der Waals surface area contributed by atoms with Gasteiger partial charge in [0.25, 0.3) is 0 Å². The molecular weight excluding hydrogens is 288 g/mol. The van der Waals surface area contributed by atoms with Crippen molar-refractivity contribution in [3.63, 3.8) is 0 Å². The Hall–Kier alpha value is -2.62. The Labute approximate surface area is 137 Å². The molecule has 2 rings (SSSR count). The van der Waals surface area contributed by atoms with Gasteiger partial charge >= 0.3 is 5.97 Å². The van der Waals surface area contributed by atoms with Gasteiger partial charge in [-0.15, -0.1) is 6.58 Å². The minimum absolute atomic E-state index is 0.140. The Morgan fingerprint density at radius 3 is 2.65 bits per heavy atom. The van der Waals surface area contributed by atoms with Crippen LogP contribution >= 0.6 is 0 Å². The van der Waals surface area contributed by atoms with E-state index in [1.165, 1.54) is 5.56 Å². The molecule has 0 bridgehead atoms. The van der Waals surface area contributed by atoms with Crippen molar-refractivity contribution in [1.29, 1.82) is 0 Å². The number of carbonyl (C=O) groups excluding carboxylic acids is 1. The van der Waals surface area contributed by atoms with E-state index < -0.39 is 5.97 Å². The van der Waals surface area contributed by atoms with E-state index in [1.807, 2.05) is 35.9 Å². The van der Waals surface area contributed by atoms with Gasteiger partial charge in [-0.2, -0.15) is 0 Å². The van der Waals surface area contributed by atoms with Gasteiger partial charge < -0.3 is 9.30 Å². The molecule has 2 aromatic rings. The number of esters is 1. The van der Waals surface area contributed by atoms with Gasteiger partial charge in [0.2, 0.25) is 0 Å². The maximum Gasteiger partial charge on any atom is 0.333 e. The Morgan fingerprint density at radius 2 is 2.04 bits per heavy atom. The second kappa shape index (κ2) is 7.58. The molecule has 0 spiro atoms. The van der Waals surface area contributed by atoms with Crippen molar-refractivity contribution in [2.45, 2.75) is 26.4 Å². The molecule has 120 valence electrons. The van der Waals surface area contributed by atoms with Crippen molar-refractivity contribution < 1.29 is 9.53 Å². The summed E-state index contributed by atoms with van der Waals surface area (Å²) in [5.41, 5.74) is 3.65. The summed E-state index contributed by atoms with van der Waals surface area (Å²) >= 11 is 0.